The molecule has 2 aromatic rings. The van der Waals surface area contributed by atoms with Gasteiger partial charge < -0.3 is 5.73 Å². The van der Waals surface area contributed by atoms with E-state index in [0.717, 1.165) is 5.56 Å². The minimum atomic E-state index is -1.14. The molecule has 0 fully saturated rings. The van der Waals surface area contributed by atoms with Crippen molar-refractivity contribution in [1.82, 2.24) is 9.88 Å². The quantitative estimate of drug-likeness (QED) is 0.796. The van der Waals surface area contributed by atoms with Crippen molar-refractivity contribution in [2.45, 2.75) is 32.2 Å². The Hall–Kier alpha value is -2.80. The monoisotopic (exact) mass is 402 g/mol. The molecule has 1 aliphatic rings. The molecule has 28 heavy (non-hydrogen) atoms. The second-order valence-electron chi connectivity index (χ2n) is 7.13. The third-order valence-electron chi connectivity index (χ3n) is 4.79. The van der Waals surface area contributed by atoms with Crippen molar-refractivity contribution in [2.24, 2.45) is 10.7 Å². The van der Waals surface area contributed by atoms with Crippen LogP contribution in [0.2, 0.25) is 5.02 Å². The molecule has 2 N–H and O–H groups in total. The van der Waals surface area contributed by atoms with Crippen LogP contribution in [0.3, 0.4) is 0 Å². The summed E-state index contributed by atoms with van der Waals surface area (Å²) in [5, 5.41) is 0.276. The molecule has 2 heterocycles. The predicted molar refractivity (Wildman–Crippen MR) is 105 cm³/mol. The number of ketones is 1. The average Bonchev–Trinajstić information content (AvgIpc) is 2.61. The van der Waals surface area contributed by atoms with Gasteiger partial charge in [0.05, 0.1) is 17.0 Å². The van der Waals surface area contributed by atoms with Crippen molar-refractivity contribution in [3.05, 3.63) is 63.7 Å². The van der Waals surface area contributed by atoms with E-state index in [1.165, 1.54) is 24.1 Å². The van der Waals surface area contributed by atoms with Crippen LogP contribution in [0.1, 0.15) is 40.5 Å². The maximum Gasteiger partial charge on any atom is 0.231 e. The first-order valence-electron chi connectivity index (χ1n) is 8.67. The van der Waals surface area contributed by atoms with Crippen molar-refractivity contribution >= 4 is 29.3 Å². The van der Waals surface area contributed by atoms with Gasteiger partial charge in [-0.2, -0.15) is 0 Å². The Morgan fingerprint density at radius 1 is 1.39 bits per heavy atom. The number of aromatic nitrogens is 1. The number of rotatable bonds is 4. The zero-order valence-electron chi connectivity index (χ0n) is 15.8. The topological polar surface area (TPSA) is 88.7 Å². The van der Waals surface area contributed by atoms with Gasteiger partial charge in [-0.25, -0.2) is 9.38 Å². The number of aryl methyl sites for hydroxylation is 1. The maximum atomic E-state index is 14.6. The molecule has 0 saturated heterocycles. The molecule has 1 aromatic heterocycles. The second kappa shape index (κ2) is 7.31. The summed E-state index contributed by atoms with van der Waals surface area (Å²) in [6.07, 6.45) is 1.54. The van der Waals surface area contributed by atoms with Gasteiger partial charge in [0.25, 0.3) is 0 Å². The first-order valence-corrected chi connectivity index (χ1v) is 9.04. The van der Waals surface area contributed by atoms with Crippen LogP contribution < -0.4 is 5.73 Å². The zero-order valence-corrected chi connectivity index (χ0v) is 16.5. The SMILES string of the molecule is Cc1cnc(C(=O)Cc2ccc(F)c(C3(C)CC(=O)N(C)C(N)=N3)c2)c(Cl)c1. The van der Waals surface area contributed by atoms with Gasteiger partial charge in [0.1, 0.15) is 11.5 Å². The number of nitrogens with zero attached hydrogens (tertiary/aromatic N) is 3. The van der Waals surface area contributed by atoms with E-state index in [1.54, 1.807) is 25.3 Å². The molecule has 8 heteroatoms. The fraction of sp³-hybridized carbons (Fsp3) is 0.300. The molecule has 1 atom stereocenters. The number of carbonyl (C=O) groups excluding carboxylic acids is 2. The van der Waals surface area contributed by atoms with Crippen molar-refractivity contribution in [3.63, 3.8) is 0 Å². The minimum absolute atomic E-state index is 0.00775. The highest BCUT2D eigenvalue weighted by atomic mass is 35.5. The molecule has 6 nitrogen and oxygen atoms in total. The molecular weight excluding hydrogens is 383 g/mol. The number of guanidine groups is 1. The van der Waals surface area contributed by atoms with Crippen LogP contribution in [0.5, 0.6) is 0 Å². The molecule has 3 rings (SSSR count). The number of nitrogens with two attached hydrogens (primary N) is 1. The standard InChI is InChI=1S/C20H20ClFN4O2/c1-11-6-14(21)18(24-10-11)16(27)8-12-4-5-15(22)13(7-12)20(2)9-17(28)26(3)19(23)25-20/h4-7,10H,8-9H2,1-3H3,(H2,23,25). The molecule has 0 saturated carbocycles. The van der Waals surface area contributed by atoms with Crippen molar-refractivity contribution in [1.29, 1.82) is 0 Å². The highest BCUT2D eigenvalue weighted by Crippen LogP contribution is 2.35. The fourth-order valence-electron chi connectivity index (χ4n) is 3.17. The predicted octanol–water partition coefficient (Wildman–Crippen LogP) is 3.00. The molecule has 0 bridgehead atoms. The van der Waals surface area contributed by atoms with E-state index in [9.17, 15) is 14.0 Å². The number of hydrogen-bond donors (Lipinski definition) is 1. The van der Waals surface area contributed by atoms with Gasteiger partial charge in [0.15, 0.2) is 11.7 Å². The third kappa shape index (κ3) is 3.75. The average molecular weight is 403 g/mol. The Balaban J connectivity index is 1.94. The van der Waals surface area contributed by atoms with Gasteiger partial charge >= 0.3 is 0 Å². The highest BCUT2D eigenvalue weighted by Gasteiger charge is 2.38. The van der Waals surface area contributed by atoms with E-state index in [4.69, 9.17) is 17.3 Å². The molecule has 1 aliphatic heterocycles. The summed E-state index contributed by atoms with van der Waals surface area (Å²) in [7, 11) is 1.52. The van der Waals surface area contributed by atoms with E-state index >= 15 is 0 Å². The van der Waals surface area contributed by atoms with Crippen molar-refractivity contribution in [2.75, 3.05) is 7.05 Å². The number of halogens is 2. The molecule has 1 unspecified atom stereocenters. The van der Waals surface area contributed by atoms with Gasteiger partial charge in [-0.15, -0.1) is 0 Å². The van der Waals surface area contributed by atoms with Crippen LogP contribution in [-0.2, 0) is 16.8 Å². The number of carbonyl (C=O) groups is 2. The Bertz CT molecular complexity index is 1010. The first kappa shape index (κ1) is 19.9. The van der Waals surface area contributed by atoms with E-state index in [0.29, 0.717) is 5.56 Å². The summed E-state index contributed by atoms with van der Waals surface area (Å²) in [4.78, 5) is 34.4. The molecule has 0 aliphatic carbocycles. The smallest absolute Gasteiger partial charge is 0.231 e. The molecule has 146 valence electrons. The molecule has 1 aromatic carbocycles. The molecular formula is C20H20ClFN4O2. The van der Waals surface area contributed by atoms with Gasteiger partial charge in [0.2, 0.25) is 5.91 Å². The lowest BCUT2D eigenvalue weighted by molar-refractivity contribution is -0.128. The van der Waals surface area contributed by atoms with Crippen LogP contribution in [0.15, 0.2) is 35.5 Å². The van der Waals surface area contributed by atoms with E-state index < -0.39 is 11.4 Å². The number of pyridine rings is 1. The Labute approximate surface area is 167 Å². The number of hydrogen-bond acceptors (Lipinski definition) is 5. The van der Waals surface area contributed by atoms with Crippen molar-refractivity contribution < 1.29 is 14.0 Å². The van der Waals surface area contributed by atoms with Crippen LogP contribution in [0, 0.1) is 12.7 Å². The Morgan fingerprint density at radius 3 is 2.75 bits per heavy atom. The third-order valence-corrected chi connectivity index (χ3v) is 5.08. The summed E-state index contributed by atoms with van der Waals surface area (Å²) < 4.78 is 14.6. The normalized spacial score (nSPS) is 19.5. The van der Waals surface area contributed by atoms with Crippen LogP contribution in [0.25, 0.3) is 0 Å². The maximum absolute atomic E-state index is 14.6. The van der Waals surface area contributed by atoms with Crippen LogP contribution in [0.4, 0.5) is 4.39 Å². The lowest BCUT2D eigenvalue weighted by Crippen LogP contribution is -2.47. The highest BCUT2D eigenvalue weighted by molar-refractivity contribution is 6.33. The number of amides is 1. The molecule has 0 radical (unpaired) electrons. The number of benzene rings is 1. The van der Waals surface area contributed by atoms with Crippen LogP contribution >= 0.6 is 11.6 Å². The molecule has 0 spiro atoms. The van der Waals surface area contributed by atoms with Gasteiger partial charge in [-0.1, -0.05) is 17.7 Å². The lowest BCUT2D eigenvalue weighted by Gasteiger charge is -2.34. The summed E-state index contributed by atoms with van der Waals surface area (Å²) in [5.74, 6) is -1.03. The van der Waals surface area contributed by atoms with Crippen molar-refractivity contribution in [3.8, 4) is 0 Å². The van der Waals surface area contributed by atoms with E-state index in [1.807, 2.05) is 6.92 Å². The largest absolute Gasteiger partial charge is 0.369 e. The molecule has 1 amide bonds. The summed E-state index contributed by atoms with van der Waals surface area (Å²) >= 11 is 6.12. The lowest BCUT2D eigenvalue weighted by atomic mass is 9.85. The Morgan fingerprint density at radius 2 is 2.11 bits per heavy atom. The van der Waals surface area contributed by atoms with E-state index in [-0.39, 0.29) is 46.8 Å². The number of Topliss-reactive ketones (excluding diaryl/α,β-unsaturated/α-hetero) is 1. The van der Waals surface area contributed by atoms with E-state index in [2.05, 4.69) is 9.98 Å². The second-order valence-corrected chi connectivity index (χ2v) is 7.54. The summed E-state index contributed by atoms with van der Waals surface area (Å²) in [5.41, 5.74) is 6.47. The van der Waals surface area contributed by atoms with Gasteiger partial charge in [-0.05, 0) is 43.2 Å². The van der Waals surface area contributed by atoms with Gasteiger partial charge in [-0.3, -0.25) is 19.5 Å². The Kier molecular flexibility index (Phi) is 5.21. The fourth-order valence-corrected chi connectivity index (χ4v) is 3.49. The minimum Gasteiger partial charge on any atom is -0.369 e. The number of aliphatic imine (C=N–C) groups is 1. The van der Waals surface area contributed by atoms with Crippen LogP contribution in [-0.4, -0.2) is 34.6 Å². The first-order chi connectivity index (χ1) is 13.1. The summed E-state index contributed by atoms with van der Waals surface area (Å²) in [6, 6.07) is 6.00. The zero-order chi connectivity index (χ0) is 20.6. The summed E-state index contributed by atoms with van der Waals surface area (Å²) in [6.45, 7) is 3.47. The van der Waals surface area contributed by atoms with Gasteiger partial charge in [0, 0.05) is 25.2 Å².